The summed E-state index contributed by atoms with van der Waals surface area (Å²) in [5, 5.41) is 5.75. The molecule has 0 radical (unpaired) electrons. The summed E-state index contributed by atoms with van der Waals surface area (Å²) >= 11 is 0. The van der Waals surface area contributed by atoms with E-state index >= 15 is 0 Å². The first-order valence-corrected chi connectivity index (χ1v) is 15.0. The minimum atomic E-state index is -0.688. The smallest absolute Gasteiger partial charge is 0.258 e. The normalized spacial score (nSPS) is 18.3. The van der Waals surface area contributed by atoms with Gasteiger partial charge in [0.05, 0.1) is 17.2 Å². The van der Waals surface area contributed by atoms with Gasteiger partial charge in [0, 0.05) is 61.8 Å². The number of aryl methyl sites for hydroxylation is 1. The van der Waals surface area contributed by atoms with Crippen LogP contribution in [0, 0.1) is 5.82 Å². The fourth-order valence-corrected chi connectivity index (χ4v) is 5.67. The highest BCUT2D eigenvalue weighted by molar-refractivity contribution is 5.96. The fraction of sp³-hybridized carbons (Fsp3) is 0.265. The number of amides is 3. The quantitative estimate of drug-likeness (QED) is 0.311. The molecule has 4 heterocycles. The Morgan fingerprint density at radius 1 is 1.00 bits per heavy atom. The molecule has 4 aromatic rings. The minimum absolute atomic E-state index is 0.0416. The van der Waals surface area contributed by atoms with E-state index in [0.717, 1.165) is 5.56 Å². The molecule has 1 saturated heterocycles. The summed E-state index contributed by atoms with van der Waals surface area (Å²) in [5.74, 6) is -0.992. The lowest BCUT2D eigenvalue weighted by Gasteiger charge is -2.39. The number of likely N-dealkylation sites (tertiary alicyclic amines) is 1. The zero-order chi connectivity index (χ0) is 32.2. The van der Waals surface area contributed by atoms with Crippen LogP contribution in [0.1, 0.15) is 45.3 Å². The molecule has 2 aromatic carbocycles. The molecule has 0 aliphatic carbocycles. The highest BCUT2D eigenvalue weighted by Crippen LogP contribution is 2.26. The van der Waals surface area contributed by atoms with Crippen LogP contribution in [0.2, 0.25) is 0 Å². The third-order valence-electron chi connectivity index (χ3n) is 7.98. The SMILES string of the molecule is CCc1[nH]c(=O)ccc1C(=O)N1CC[C@@H]2Oc3cc(F)cc(c3)CNC(=O)COc3cccc(c3)-c3cncc(c3)C(=O)N[C@@H]2C1. The molecule has 2 aliphatic heterocycles. The molecule has 236 valence electrons. The molecule has 46 heavy (non-hydrogen) atoms. The number of rotatable bonds is 2. The summed E-state index contributed by atoms with van der Waals surface area (Å²) in [4.78, 5) is 60.4. The summed E-state index contributed by atoms with van der Waals surface area (Å²) in [6, 6.07) is 15.1. The summed E-state index contributed by atoms with van der Waals surface area (Å²) in [6.45, 7) is 2.03. The maximum Gasteiger partial charge on any atom is 0.258 e. The molecule has 6 rings (SSSR count). The molecule has 6 bridgehead atoms. The molecule has 2 aliphatic rings. The predicted octanol–water partition coefficient (Wildman–Crippen LogP) is 3.24. The van der Waals surface area contributed by atoms with Crippen LogP contribution in [-0.4, -0.2) is 64.4 Å². The van der Waals surface area contributed by atoms with Crippen molar-refractivity contribution in [3.05, 3.63) is 112 Å². The van der Waals surface area contributed by atoms with E-state index in [-0.39, 0.29) is 48.4 Å². The number of hydrogen-bond donors (Lipinski definition) is 3. The number of halogens is 1. The summed E-state index contributed by atoms with van der Waals surface area (Å²) < 4.78 is 26.6. The molecule has 2 aromatic heterocycles. The monoisotopic (exact) mass is 625 g/mol. The van der Waals surface area contributed by atoms with Gasteiger partial charge in [-0.15, -0.1) is 0 Å². The van der Waals surface area contributed by atoms with Crippen molar-refractivity contribution in [3.63, 3.8) is 0 Å². The number of ether oxygens (including phenoxy) is 2. The van der Waals surface area contributed by atoms with Crippen molar-refractivity contribution in [2.75, 3.05) is 19.7 Å². The second kappa shape index (κ2) is 13.2. The first-order chi connectivity index (χ1) is 22.2. The van der Waals surface area contributed by atoms with E-state index < -0.39 is 23.9 Å². The Kier molecular flexibility index (Phi) is 8.77. The Labute approximate surface area is 263 Å². The average molecular weight is 626 g/mol. The van der Waals surface area contributed by atoms with Gasteiger partial charge in [0.25, 0.3) is 17.7 Å². The second-order valence-corrected chi connectivity index (χ2v) is 11.2. The third kappa shape index (κ3) is 6.90. The topological polar surface area (TPSA) is 143 Å². The van der Waals surface area contributed by atoms with Gasteiger partial charge in [0.1, 0.15) is 23.4 Å². The van der Waals surface area contributed by atoms with E-state index in [1.54, 1.807) is 41.4 Å². The van der Waals surface area contributed by atoms with Gasteiger partial charge >= 0.3 is 0 Å². The summed E-state index contributed by atoms with van der Waals surface area (Å²) in [5.41, 5.74) is 2.75. The Hall–Kier alpha value is -5.52. The van der Waals surface area contributed by atoms with Crippen molar-refractivity contribution in [1.82, 2.24) is 25.5 Å². The first kappa shape index (κ1) is 30.5. The number of carbonyl (C=O) groups excluding carboxylic acids is 3. The number of piperidine rings is 1. The number of aromatic amines is 1. The van der Waals surface area contributed by atoms with Crippen LogP contribution in [0.3, 0.4) is 0 Å². The Bertz CT molecular complexity index is 1860. The number of nitrogens with one attached hydrogen (secondary N) is 3. The Balaban J connectivity index is 1.34. The van der Waals surface area contributed by atoms with E-state index in [9.17, 15) is 23.6 Å². The van der Waals surface area contributed by atoms with E-state index in [0.29, 0.717) is 47.5 Å². The zero-order valence-electron chi connectivity index (χ0n) is 25.0. The molecular formula is C34H32FN5O6. The maximum absolute atomic E-state index is 14.7. The molecule has 11 nitrogen and oxygen atoms in total. The molecule has 1 fully saturated rings. The number of benzene rings is 2. The van der Waals surface area contributed by atoms with E-state index in [1.807, 2.05) is 13.0 Å². The first-order valence-electron chi connectivity index (χ1n) is 15.0. The van der Waals surface area contributed by atoms with Crippen LogP contribution in [0.5, 0.6) is 11.5 Å². The summed E-state index contributed by atoms with van der Waals surface area (Å²) in [7, 11) is 0. The van der Waals surface area contributed by atoms with Gasteiger partial charge in [-0.25, -0.2) is 4.39 Å². The molecule has 12 heteroatoms. The molecule has 0 saturated carbocycles. The number of H-pyrrole nitrogens is 1. The number of nitrogens with zero attached hydrogens (tertiary/aromatic N) is 2. The van der Waals surface area contributed by atoms with Crippen molar-refractivity contribution in [2.24, 2.45) is 0 Å². The largest absolute Gasteiger partial charge is 0.488 e. The zero-order valence-corrected chi connectivity index (χ0v) is 25.0. The van der Waals surface area contributed by atoms with Crippen molar-refractivity contribution in [2.45, 2.75) is 38.5 Å². The number of carbonyl (C=O) groups is 3. The fourth-order valence-electron chi connectivity index (χ4n) is 5.67. The van der Waals surface area contributed by atoms with Gasteiger partial charge in [-0.1, -0.05) is 19.1 Å². The number of pyridine rings is 2. The molecule has 0 spiro atoms. The molecule has 0 unspecified atom stereocenters. The van der Waals surface area contributed by atoms with Gasteiger partial charge in [-0.3, -0.25) is 24.2 Å². The lowest BCUT2D eigenvalue weighted by molar-refractivity contribution is -0.123. The van der Waals surface area contributed by atoms with Gasteiger partial charge < -0.3 is 30.0 Å². The number of hydrogen-bond acceptors (Lipinski definition) is 7. The van der Waals surface area contributed by atoms with Crippen LogP contribution in [0.15, 0.2) is 77.9 Å². The van der Waals surface area contributed by atoms with Crippen molar-refractivity contribution < 1.29 is 28.2 Å². The summed E-state index contributed by atoms with van der Waals surface area (Å²) in [6.07, 6.45) is 3.22. The lowest BCUT2D eigenvalue weighted by atomic mass is 9.99. The Morgan fingerprint density at radius 3 is 2.70 bits per heavy atom. The average Bonchev–Trinajstić information content (AvgIpc) is 3.06. The van der Waals surface area contributed by atoms with E-state index in [2.05, 4.69) is 20.6 Å². The van der Waals surface area contributed by atoms with Gasteiger partial charge in [0.15, 0.2) is 6.61 Å². The van der Waals surface area contributed by atoms with Crippen molar-refractivity contribution in [1.29, 1.82) is 0 Å². The van der Waals surface area contributed by atoms with Crippen LogP contribution in [-0.2, 0) is 17.8 Å². The van der Waals surface area contributed by atoms with E-state index in [1.165, 1.54) is 30.5 Å². The van der Waals surface area contributed by atoms with Gasteiger partial charge in [0.2, 0.25) is 5.56 Å². The lowest BCUT2D eigenvalue weighted by Crippen LogP contribution is -2.58. The molecule has 3 amide bonds. The molecule has 2 atom stereocenters. The number of aromatic nitrogens is 2. The highest BCUT2D eigenvalue weighted by atomic mass is 19.1. The Morgan fingerprint density at radius 2 is 1.85 bits per heavy atom. The van der Waals surface area contributed by atoms with E-state index in [4.69, 9.17) is 9.47 Å². The third-order valence-corrected chi connectivity index (χ3v) is 7.98. The maximum atomic E-state index is 14.7. The molecular weight excluding hydrogens is 593 g/mol. The van der Waals surface area contributed by atoms with Crippen LogP contribution >= 0.6 is 0 Å². The van der Waals surface area contributed by atoms with Crippen LogP contribution in [0.4, 0.5) is 4.39 Å². The minimum Gasteiger partial charge on any atom is -0.488 e. The van der Waals surface area contributed by atoms with Crippen molar-refractivity contribution >= 4 is 17.7 Å². The predicted molar refractivity (Wildman–Crippen MR) is 166 cm³/mol. The van der Waals surface area contributed by atoms with Gasteiger partial charge in [-0.05, 0) is 53.9 Å². The van der Waals surface area contributed by atoms with Crippen LogP contribution < -0.4 is 25.7 Å². The van der Waals surface area contributed by atoms with Crippen molar-refractivity contribution in [3.8, 4) is 22.6 Å². The van der Waals surface area contributed by atoms with Gasteiger partial charge in [-0.2, -0.15) is 0 Å². The molecule has 3 N–H and O–H groups in total. The number of fused-ring (bicyclic) bond motifs is 8. The van der Waals surface area contributed by atoms with Crippen LogP contribution in [0.25, 0.3) is 11.1 Å². The standard InChI is InChI=1S/C34H32FN5O6/c1-2-28-27(6-7-31(41)38-28)34(44)40-9-8-30-29(18-40)39-33(43)23-12-22(16-36-17-23)21-4-3-5-25(13-21)45-19-32(42)37-15-20-10-24(35)14-26(11-20)46-30/h3-7,10-14,16-17,29-30H,2,8-9,15,18-19H2,1H3,(H,37,42)(H,38,41)(H,39,43)/t29-,30+/m1/s1. The highest BCUT2D eigenvalue weighted by Gasteiger charge is 2.35. The second-order valence-electron chi connectivity index (χ2n) is 11.2.